The van der Waals surface area contributed by atoms with Gasteiger partial charge >= 0.3 is 0 Å². The van der Waals surface area contributed by atoms with Crippen LogP contribution >= 0.6 is 11.6 Å². The smallest absolute Gasteiger partial charge is 0.162 e. The van der Waals surface area contributed by atoms with Gasteiger partial charge < -0.3 is 19.3 Å². The van der Waals surface area contributed by atoms with E-state index < -0.39 is 6.10 Å². The van der Waals surface area contributed by atoms with E-state index in [1.807, 2.05) is 0 Å². The van der Waals surface area contributed by atoms with E-state index in [2.05, 4.69) is 0 Å². The Labute approximate surface area is 117 Å². The second-order valence-corrected chi connectivity index (χ2v) is 5.31. The number of aliphatic hydroxyl groups is 1. The van der Waals surface area contributed by atoms with E-state index in [-0.39, 0.29) is 6.10 Å². The van der Waals surface area contributed by atoms with E-state index in [9.17, 15) is 5.11 Å². The van der Waals surface area contributed by atoms with E-state index in [0.29, 0.717) is 41.7 Å². The SMILES string of the molecule is OC(CC1CCCO1)c1cc2c(cc1Cl)OCCO2. The molecule has 0 saturated carbocycles. The summed E-state index contributed by atoms with van der Waals surface area (Å²) in [5, 5.41) is 10.8. The molecule has 5 heteroatoms. The van der Waals surface area contributed by atoms with Crippen LogP contribution in [0.25, 0.3) is 0 Å². The molecule has 1 saturated heterocycles. The molecule has 0 spiro atoms. The molecule has 2 aliphatic heterocycles. The number of rotatable bonds is 3. The van der Waals surface area contributed by atoms with Crippen LogP contribution in [0, 0.1) is 0 Å². The third kappa shape index (κ3) is 2.81. The molecule has 104 valence electrons. The first-order chi connectivity index (χ1) is 9.24. The second kappa shape index (κ2) is 5.57. The van der Waals surface area contributed by atoms with Crippen LogP contribution in [0.4, 0.5) is 0 Å². The minimum Gasteiger partial charge on any atom is -0.486 e. The van der Waals surface area contributed by atoms with Gasteiger partial charge in [-0.1, -0.05) is 11.6 Å². The Hall–Kier alpha value is -0.970. The first kappa shape index (κ1) is 13.0. The number of fused-ring (bicyclic) bond motifs is 1. The van der Waals surface area contributed by atoms with Crippen molar-refractivity contribution in [3.8, 4) is 11.5 Å². The quantitative estimate of drug-likeness (QED) is 0.927. The molecule has 0 radical (unpaired) electrons. The highest BCUT2D eigenvalue weighted by Gasteiger charge is 2.24. The first-order valence-corrected chi connectivity index (χ1v) is 7.00. The fourth-order valence-electron chi connectivity index (χ4n) is 2.54. The van der Waals surface area contributed by atoms with Crippen molar-refractivity contribution in [3.63, 3.8) is 0 Å². The van der Waals surface area contributed by atoms with Crippen molar-refractivity contribution in [3.05, 3.63) is 22.7 Å². The van der Waals surface area contributed by atoms with Gasteiger partial charge in [0, 0.05) is 24.7 Å². The number of aliphatic hydroxyl groups excluding tert-OH is 1. The number of hydrogen-bond donors (Lipinski definition) is 1. The highest BCUT2D eigenvalue weighted by Crippen LogP contribution is 2.39. The predicted octanol–water partition coefficient (Wildman–Crippen LogP) is 2.71. The maximum atomic E-state index is 10.3. The minimum atomic E-state index is -0.633. The van der Waals surface area contributed by atoms with Crippen LogP contribution in [0.2, 0.25) is 5.02 Å². The number of halogens is 1. The van der Waals surface area contributed by atoms with Crippen molar-refractivity contribution in [2.75, 3.05) is 19.8 Å². The van der Waals surface area contributed by atoms with E-state index >= 15 is 0 Å². The summed E-state index contributed by atoms with van der Waals surface area (Å²) in [6, 6.07) is 3.49. The summed E-state index contributed by atoms with van der Waals surface area (Å²) in [6.45, 7) is 1.84. The summed E-state index contributed by atoms with van der Waals surface area (Å²) in [4.78, 5) is 0. The minimum absolute atomic E-state index is 0.124. The third-order valence-corrected chi connectivity index (χ3v) is 3.86. The van der Waals surface area contributed by atoms with Crippen LogP contribution in [0.1, 0.15) is 30.9 Å². The molecular formula is C14H17ClO4. The van der Waals surface area contributed by atoms with Crippen LogP contribution in [0.5, 0.6) is 11.5 Å². The summed E-state index contributed by atoms with van der Waals surface area (Å²) >= 11 is 6.21. The summed E-state index contributed by atoms with van der Waals surface area (Å²) in [6.07, 6.45) is 2.12. The molecule has 2 unspecified atom stereocenters. The Balaban J connectivity index is 1.78. The summed E-state index contributed by atoms with van der Waals surface area (Å²) in [5.74, 6) is 1.29. The largest absolute Gasteiger partial charge is 0.486 e. The molecule has 0 amide bonds. The maximum absolute atomic E-state index is 10.3. The molecule has 1 aromatic carbocycles. The second-order valence-electron chi connectivity index (χ2n) is 4.90. The molecule has 1 aromatic rings. The number of ether oxygens (including phenoxy) is 3. The standard InChI is InChI=1S/C14H17ClO4/c15-11-8-14-13(18-4-5-19-14)7-10(11)12(16)6-9-2-1-3-17-9/h7-9,12,16H,1-6H2. The van der Waals surface area contributed by atoms with Gasteiger partial charge in [0.15, 0.2) is 11.5 Å². The zero-order valence-electron chi connectivity index (χ0n) is 10.6. The maximum Gasteiger partial charge on any atom is 0.162 e. The van der Waals surface area contributed by atoms with Crippen molar-refractivity contribution in [2.45, 2.75) is 31.5 Å². The lowest BCUT2D eigenvalue weighted by Gasteiger charge is -2.22. The van der Waals surface area contributed by atoms with Crippen molar-refractivity contribution in [1.29, 1.82) is 0 Å². The van der Waals surface area contributed by atoms with Gasteiger partial charge in [-0.2, -0.15) is 0 Å². The van der Waals surface area contributed by atoms with E-state index in [4.69, 9.17) is 25.8 Å². The topological polar surface area (TPSA) is 47.9 Å². The molecule has 2 heterocycles. The Morgan fingerprint density at radius 1 is 1.21 bits per heavy atom. The van der Waals surface area contributed by atoms with Gasteiger partial charge in [0.1, 0.15) is 13.2 Å². The average molecular weight is 285 g/mol. The van der Waals surface area contributed by atoms with Gasteiger partial charge in [-0.3, -0.25) is 0 Å². The Kier molecular flexibility index (Phi) is 3.82. The van der Waals surface area contributed by atoms with Crippen molar-refractivity contribution in [2.24, 2.45) is 0 Å². The van der Waals surface area contributed by atoms with Crippen molar-refractivity contribution < 1.29 is 19.3 Å². The fourth-order valence-corrected chi connectivity index (χ4v) is 2.82. The average Bonchev–Trinajstić information content (AvgIpc) is 2.90. The van der Waals surface area contributed by atoms with Crippen molar-refractivity contribution >= 4 is 11.6 Å². The van der Waals surface area contributed by atoms with Crippen LogP contribution in [0.3, 0.4) is 0 Å². The predicted molar refractivity (Wildman–Crippen MR) is 71.0 cm³/mol. The highest BCUT2D eigenvalue weighted by atomic mass is 35.5. The normalized spacial score (nSPS) is 23.4. The molecule has 2 aliphatic rings. The summed E-state index contributed by atoms with van der Waals surface area (Å²) in [5.41, 5.74) is 0.682. The van der Waals surface area contributed by atoms with Gasteiger partial charge in [-0.25, -0.2) is 0 Å². The fraction of sp³-hybridized carbons (Fsp3) is 0.571. The number of benzene rings is 1. The van der Waals surface area contributed by atoms with Crippen LogP contribution in [-0.4, -0.2) is 31.0 Å². The molecule has 2 atom stereocenters. The highest BCUT2D eigenvalue weighted by molar-refractivity contribution is 6.31. The van der Waals surface area contributed by atoms with E-state index in [1.165, 1.54) is 0 Å². The molecule has 1 fully saturated rings. The van der Waals surface area contributed by atoms with Crippen LogP contribution in [-0.2, 0) is 4.74 Å². The molecule has 0 aliphatic carbocycles. The molecule has 4 nitrogen and oxygen atoms in total. The first-order valence-electron chi connectivity index (χ1n) is 6.63. The van der Waals surface area contributed by atoms with Crippen molar-refractivity contribution in [1.82, 2.24) is 0 Å². The zero-order chi connectivity index (χ0) is 13.2. The van der Waals surface area contributed by atoms with E-state index in [1.54, 1.807) is 12.1 Å². The van der Waals surface area contributed by atoms with Gasteiger partial charge in [0.25, 0.3) is 0 Å². The molecular weight excluding hydrogens is 268 g/mol. The van der Waals surface area contributed by atoms with Gasteiger partial charge in [-0.15, -0.1) is 0 Å². The summed E-state index contributed by atoms with van der Waals surface area (Å²) < 4.78 is 16.5. The van der Waals surface area contributed by atoms with Gasteiger partial charge in [-0.05, 0) is 18.9 Å². The van der Waals surface area contributed by atoms with Crippen LogP contribution < -0.4 is 9.47 Å². The molecule has 1 N–H and O–H groups in total. The molecule has 0 aromatic heterocycles. The zero-order valence-corrected chi connectivity index (χ0v) is 11.4. The van der Waals surface area contributed by atoms with Gasteiger partial charge in [0.05, 0.1) is 17.2 Å². The third-order valence-electron chi connectivity index (χ3n) is 3.53. The molecule has 19 heavy (non-hydrogen) atoms. The van der Waals surface area contributed by atoms with Gasteiger partial charge in [0.2, 0.25) is 0 Å². The lowest BCUT2D eigenvalue weighted by Crippen LogP contribution is -2.16. The lowest BCUT2D eigenvalue weighted by molar-refractivity contribution is 0.0533. The Morgan fingerprint density at radius 2 is 1.95 bits per heavy atom. The summed E-state index contributed by atoms with van der Waals surface area (Å²) in [7, 11) is 0. The Morgan fingerprint density at radius 3 is 2.63 bits per heavy atom. The number of hydrogen-bond acceptors (Lipinski definition) is 4. The lowest BCUT2D eigenvalue weighted by atomic mass is 10.0. The molecule has 3 rings (SSSR count). The Bertz CT molecular complexity index is 457. The van der Waals surface area contributed by atoms with Crippen LogP contribution in [0.15, 0.2) is 12.1 Å². The molecule has 0 bridgehead atoms. The monoisotopic (exact) mass is 284 g/mol. The van der Waals surface area contributed by atoms with E-state index in [0.717, 1.165) is 19.4 Å².